The molecule has 92 valence electrons. The topological polar surface area (TPSA) is 44.8 Å². The van der Waals surface area contributed by atoms with Crippen molar-refractivity contribution in [2.45, 2.75) is 6.18 Å². The lowest BCUT2D eigenvalue weighted by molar-refractivity contribution is -0.0887. The van der Waals surface area contributed by atoms with Crippen LogP contribution in [-0.2, 0) is 0 Å². The first-order chi connectivity index (χ1) is 7.95. The van der Waals surface area contributed by atoms with Gasteiger partial charge in [-0.1, -0.05) is 0 Å². The first-order valence-electron chi connectivity index (χ1n) is 4.53. The number of ketones is 1. The largest absolute Gasteiger partial charge is 0.496 e. The van der Waals surface area contributed by atoms with Crippen molar-refractivity contribution in [2.24, 2.45) is 0 Å². The fraction of sp³-hybridized carbons (Fsp3) is 0.300. The van der Waals surface area contributed by atoms with Gasteiger partial charge < -0.3 is 14.2 Å². The Morgan fingerprint density at radius 1 is 1.35 bits per heavy atom. The number of benzene rings is 1. The van der Waals surface area contributed by atoms with Crippen molar-refractivity contribution < 1.29 is 32.2 Å². The normalized spacial score (nSPS) is 13.6. The summed E-state index contributed by atoms with van der Waals surface area (Å²) in [6.07, 6.45) is -4.99. The van der Waals surface area contributed by atoms with Crippen molar-refractivity contribution in [3.05, 3.63) is 17.7 Å². The van der Waals surface area contributed by atoms with Crippen molar-refractivity contribution in [3.8, 4) is 17.2 Å². The molecular weight excluding hydrogens is 241 g/mol. The molecule has 0 saturated heterocycles. The summed E-state index contributed by atoms with van der Waals surface area (Å²) in [5.74, 6) is -2.35. The van der Waals surface area contributed by atoms with Gasteiger partial charge in [-0.25, -0.2) is 0 Å². The molecule has 0 atom stereocenters. The van der Waals surface area contributed by atoms with Gasteiger partial charge in [0.25, 0.3) is 5.78 Å². The van der Waals surface area contributed by atoms with Crippen LogP contribution in [-0.4, -0.2) is 25.9 Å². The lowest BCUT2D eigenvalue weighted by Gasteiger charge is -2.11. The molecule has 1 aromatic rings. The number of fused-ring (bicyclic) bond motifs is 1. The zero-order valence-corrected chi connectivity index (χ0v) is 8.63. The number of alkyl halides is 3. The molecule has 0 amide bonds. The molecule has 0 N–H and O–H groups in total. The molecule has 7 heteroatoms. The fourth-order valence-corrected chi connectivity index (χ4v) is 1.48. The Morgan fingerprint density at radius 3 is 2.65 bits per heavy atom. The number of carbonyl (C=O) groups excluding carboxylic acids is 1. The smallest absolute Gasteiger partial charge is 0.455 e. The maximum Gasteiger partial charge on any atom is 0.455 e. The summed E-state index contributed by atoms with van der Waals surface area (Å²) in [5.41, 5.74) is -0.657. The van der Waals surface area contributed by atoms with Gasteiger partial charge in [-0.3, -0.25) is 4.79 Å². The Kier molecular flexibility index (Phi) is 2.60. The highest BCUT2D eigenvalue weighted by Crippen LogP contribution is 2.43. The third-order valence-electron chi connectivity index (χ3n) is 2.21. The van der Waals surface area contributed by atoms with Crippen molar-refractivity contribution in [3.63, 3.8) is 0 Å². The van der Waals surface area contributed by atoms with Gasteiger partial charge in [0.2, 0.25) is 6.79 Å². The molecule has 0 aliphatic carbocycles. The van der Waals surface area contributed by atoms with Crippen LogP contribution in [0.2, 0.25) is 0 Å². The molecule has 1 aliphatic rings. The van der Waals surface area contributed by atoms with Crippen LogP contribution in [0.5, 0.6) is 17.2 Å². The standard InChI is InChI=1S/C10H7F3O4/c1-15-5-2-3-6-8(17-4-16-6)7(5)9(14)10(11,12)13/h2-3H,4H2,1H3. The van der Waals surface area contributed by atoms with Gasteiger partial charge in [0.15, 0.2) is 11.5 Å². The van der Waals surface area contributed by atoms with E-state index in [0.29, 0.717) is 0 Å². The molecule has 0 radical (unpaired) electrons. The summed E-state index contributed by atoms with van der Waals surface area (Å²) < 4.78 is 51.8. The monoisotopic (exact) mass is 248 g/mol. The molecule has 4 nitrogen and oxygen atoms in total. The van der Waals surface area contributed by atoms with Gasteiger partial charge in [0.1, 0.15) is 11.3 Å². The molecule has 0 bridgehead atoms. The molecule has 0 saturated carbocycles. The number of halogens is 3. The first kappa shape index (κ1) is 11.6. The Hall–Kier alpha value is -1.92. The van der Waals surface area contributed by atoms with E-state index in [1.165, 1.54) is 19.2 Å². The number of hydrogen-bond acceptors (Lipinski definition) is 4. The second-order valence-electron chi connectivity index (χ2n) is 3.20. The Bertz CT molecular complexity index is 467. The Labute approximate surface area is 93.9 Å². The molecular formula is C10H7F3O4. The van der Waals surface area contributed by atoms with E-state index in [9.17, 15) is 18.0 Å². The van der Waals surface area contributed by atoms with E-state index < -0.39 is 17.5 Å². The quantitative estimate of drug-likeness (QED) is 0.752. The van der Waals surface area contributed by atoms with Gasteiger partial charge in [0, 0.05) is 0 Å². The lowest BCUT2D eigenvalue weighted by atomic mass is 10.1. The molecule has 1 heterocycles. The van der Waals surface area contributed by atoms with Crippen molar-refractivity contribution in [2.75, 3.05) is 13.9 Å². The van der Waals surface area contributed by atoms with Gasteiger partial charge in [-0.15, -0.1) is 0 Å². The van der Waals surface area contributed by atoms with E-state index in [-0.39, 0.29) is 24.0 Å². The van der Waals surface area contributed by atoms with Crippen LogP contribution >= 0.6 is 0 Å². The fourth-order valence-electron chi connectivity index (χ4n) is 1.48. The first-order valence-corrected chi connectivity index (χ1v) is 4.53. The van der Waals surface area contributed by atoms with Crippen molar-refractivity contribution >= 4 is 5.78 Å². The Morgan fingerprint density at radius 2 is 2.06 bits per heavy atom. The van der Waals surface area contributed by atoms with E-state index in [1.807, 2.05) is 0 Å². The highest BCUT2D eigenvalue weighted by molar-refractivity contribution is 6.05. The number of carbonyl (C=O) groups is 1. The predicted molar refractivity (Wildman–Crippen MR) is 49.5 cm³/mol. The summed E-state index contributed by atoms with van der Waals surface area (Å²) in [4.78, 5) is 11.3. The lowest BCUT2D eigenvalue weighted by Crippen LogP contribution is -2.23. The molecule has 0 fully saturated rings. The second kappa shape index (κ2) is 3.83. The van der Waals surface area contributed by atoms with Gasteiger partial charge in [0.05, 0.1) is 7.11 Å². The van der Waals surface area contributed by atoms with Gasteiger partial charge in [-0.2, -0.15) is 13.2 Å². The Balaban J connectivity index is 2.59. The number of ether oxygens (including phenoxy) is 3. The van der Waals surface area contributed by atoms with E-state index in [0.717, 1.165) is 0 Å². The number of methoxy groups -OCH3 is 1. The average molecular weight is 248 g/mol. The predicted octanol–water partition coefficient (Wildman–Crippen LogP) is 2.17. The number of Topliss-reactive ketones (excluding diaryl/α,β-unsaturated/α-hetero) is 1. The minimum Gasteiger partial charge on any atom is -0.496 e. The highest BCUT2D eigenvalue weighted by Gasteiger charge is 2.44. The van der Waals surface area contributed by atoms with E-state index in [4.69, 9.17) is 14.2 Å². The molecule has 0 spiro atoms. The summed E-state index contributed by atoms with van der Waals surface area (Å²) in [6.45, 7) is -0.222. The summed E-state index contributed by atoms with van der Waals surface area (Å²) in [6, 6.07) is 2.61. The number of rotatable bonds is 2. The van der Waals surface area contributed by atoms with Gasteiger partial charge in [-0.05, 0) is 12.1 Å². The second-order valence-corrected chi connectivity index (χ2v) is 3.20. The van der Waals surface area contributed by atoms with Crippen LogP contribution in [0, 0.1) is 0 Å². The SMILES string of the molecule is COc1ccc2c(c1C(=O)C(F)(F)F)OCO2. The highest BCUT2D eigenvalue weighted by atomic mass is 19.4. The number of hydrogen-bond donors (Lipinski definition) is 0. The zero-order chi connectivity index (χ0) is 12.6. The summed E-state index contributed by atoms with van der Waals surface area (Å²) >= 11 is 0. The van der Waals surface area contributed by atoms with Crippen LogP contribution in [0.25, 0.3) is 0 Å². The van der Waals surface area contributed by atoms with E-state index in [2.05, 4.69) is 0 Å². The average Bonchev–Trinajstić information content (AvgIpc) is 2.73. The van der Waals surface area contributed by atoms with Crippen LogP contribution in [0.1, 0.15) is 10.4 Å². The molecule has 0 aromatic heterocycles. The van der Waals surface area contributed by atoms with E-state index >= 15 is 0 Å². The summed E-state index contributed by atoms with van der Waals surface area (Å²) in [5, 5.41) is 0. The van der Waals surface area contributed by atoms with Crippen molar-refractivity contribution in [1.82, 2.24) is 0 Å². The third-order valence-corrected chi connectivity index (χ3v) is 2.21. The molecule has 17 heavy (non-hydrogen) atoms. The third kappa shape index (κ3) is 1.88. The maximum atomic E-state index is 12.4. The molecule has 2 rings (SSSR count). The zero-order valence-electron chi connectivity index (χ0n) is 8.63. The van der Waals surface area contributed by atoms with Crippen molar-refractivity contribution in [1.29, 1.82) is 0 Å². The molecule has 0 unspecified atom stereocenters. The molecule has 1 aliphatic heterocycles. The van der Waals surface area contributed by atoms with Gasteiger partial charge >= 0.3 is 6.18 Å². The van der Waals surface area contributed by atoms with Crippen LogP contribution in [0.4, 0.5) is 13.2 Å². The summed E-state index contributed by atoms with van der Waals surface area (Å²) in [7, 11) is 1.17. The maximum absolute atomic E-state index is 12.4. The van der Waals surface area contributed by atoms with E-state index in [1.54, 1.807) is 0 Å². The molecule has 1 aromatic carbocycles. The minimum atomic E-state index is -4.99. The van der Waals surface area contributed by atoms with Crippen LogP contribution in [0.15, 0.2) is 12.1 Å². The minimum absolute atomic E-state index is 0.0957. The van der Waals surface area contributed by atoms with Crippen LogP contribution < -0.4 is 14.2 Å². The van der Waals surface area contributed by atoms with Crippen LogP contribution in [0.3, 0.4) is 0 Å².